The van der Waals surface area contributed by atoms with Crippen molar-refractivity contribution in [2.45, 2.75) is 39.8 Å². The van der Waals surface area contributed by atoms with Gasteiger partial charge in [-0.05, 0) is 31.0 Å². The second-order valence-electron chi connectivity index (χ2n) is 5.22. The molecule has 0 saturated heterocycles. The van der Waals surface area contributed by atoms with E-state index >= 15 is 0 Å². The smallest absolute Gasteiger partial charge is 0.227 e. The van der Waals surface area contributed by atoms with Crippen molar-refractivity contribution in [2.75, 3.05) is 6.54 Å². The van der Waals surface area contributed by atoms with Crippen LogP contribution in [0.5, 0.6) is 0 Å². The quantitative estimate of drug-likeness (QED) is 0.864. The van der Waals surface area contributed by atoms with E-state index in [1.807, 2.05) is 30.9 Å². The number of benzene rings is 1. The molecule has 1 aromatic rings. The molecule has 0 aliphatic rings. The van der Waals surface area contributed by atoms with Crippen molar-refractivity contribution in [1.29, 1.82) is 5.26 Å². The summed E-state index contributed by atoms with van der Waals surface area (Å²) in [5.74, 6) is -0.0915. The van der Waals surface area contributed by atoms with Crippen molar-refractivity contribution in [1.82, 2.24) is 4.90 Å². The Hall–Kier alpha value is -1.86. The molecule has 0 saturated carbocycles. The van der Waals surface area contributed by atoms with Crippen LogP contribution in [-0.2, 0) is 11.3 Å². The third kappa shape index (κ3) is 4.36. The van der Waals surface area contributed by atoms with Gasteiger partial charge >= 0.3 is 0 Å². The predicted molar refractivity (Wildman–Crippen MR) is 79.7 cm³/mol. The summed E-state index contributed by atoms with van der Waals surface area (Å²) in [6, 6.07) is 9.28. The van der Waals surface area contributed by atoms with Crippen LogP contribution in [-0.4, -0.2) is 23.4 Å². The molecule has 0 aliphatic carbocycles. The summed E-state index contributed by atoms with van der Waals surface area (Å²) in [6.07, 6.45) is 0.910. The Bertz CT molecular complexity index is 473. The number of carbonyl (C=O) groups is 1. The summed E-state index contributed by atoms with van der Waals surface area (Å²) >= 11 is 0. The number of rotatable bonds is 6. The largest absolute Gasteiger partial charge is 0.338 e. The average molecular weight is 273 g/mol. The Morgan fingerprint density at radius 1 is 1.35 bits per heavy atom. The van der Waals surface area contributed by atoms with Crippen LogP contribution in [0.3, 0.4) is 0 Å². The van der Waals surface area contributed by atoms with Gasteiger partial charge in [0.15, 0.2) is 0 Å². The van der Waals surface area contributed by atoms with Crippen LogP contribution in [0, 0.1) is 17.2 Å². The number of nitriles is 1. The SMILES string of the molecule is CCCN(Cc1ccc(C#N)cc1)C(=O)C(C)C(C)N. The minimum absolute atomic E-state index is 0.0891. The van der Waals surface area contributed by atoms with Crippen LogP contribution in [0.2, 0.25) is 0 Å². The highest BCUT2D eigenvalue weighted by Gasteiger charge is 2.22. The molecule has 2 N–H and O–H groups in total. The fraction of sp³-hybridized carbons (Fsp3) is 0.500. The molecule has 4 nitrogen and oxygen atoms in total. The second-order valence-corrected chi connectivity index (χ2v) is 5.22. The van der Waals surface area contributed by atoms with Gasteiger partial charge < -0.3 is 10.6 Å². The predicted octanol–water partition coefficient (Wildman–Crippen LogP) is 2.28. The zero-order valence-corrected chi connectivity index (χ0v) is 12.5. The third-order valence-corrected chi connectivity index (χ3v) is 3.44. The van der Waals surface area contributed by atoms with Crippen LogP contribution >= 0.6 is 0 Å². The number of amides is 1. The van der Waals surface area contributed by atoms with Crippen molar-refractivity contribution < 1.29 is 4.79 Å². The Kier molecular flexibility index (Phi) is 6.20. The van der Waals surface area contributed by atoms with Crippen molar-refractivity contribution in [3.8, 4) is 6.07 Å². The fourth-order valence-corrected chi connectivity index (χ4v) is 1.96. The molecular weight excluding hydrogens is 250 g/mol. The van der Waals surface area contributed by atoms with E-state index in [-0.39, 0.29) is 17.9 Å². The molecule has 108 valence electrons. The zero-order chi connectivity index (χ0) is 15.1. The van der Waals surface area contributed by atoms with Crippen LogP contribution in [0.1, 0.15) is 38.3 Å². The van der Waals surface area contributed by atoms with E-state index in [0.29, 0.717) is 12.1 Å². The highest BCUT2D eigenvalue weighted by molar-refractivity contribution is 5.79. The van der Waals surface area contributed by atoms with Gasteiger partial charge in [0.05, 0.1) is 17.6 Å². The van der Waals surface area contributed by atoms with E-state index in [2.05, 4.69) is 13.0 Å². The Balaban J connectivity index is 2.80. The van der Waals surface area contributed by atoms with Crippen molar-refractivity contribution >= 4 is 5.91 Å². The molecule has 1 aromatic carbocycles. The maximum Gasteiger partial charge on any atom is 0.227 e. The van der Waals surface area contributed by atoms with Crippen LogP contribution in [0.25, 0.3) is 0 Å². The number of hydrogen-bond acceptors (Lipinski definition) is 3. The summed E-state index contributed by atoms with van der Waals surface area (Å²) in [5.41, 5.74) is 7.48. The standard InChI is InChI=1S/C16H23N3O/c1-4-9-19(16(20)12(2)13(3)18)11-15-7-5-14(10-17)6-8-15/h5-8,12-13H,4,9,11,18H2,1-3H3. The van der Waals surface area contributed by atoms with Crippen LogP contribution in [0.15, 0.2) is 24.3 Å². The lowest BCUT2D eigenvalue weighted by molar-refractivity contribution is -0.136. The lowest BCUT2D eigenvalue weighted by atomic mass is 10.0. The Labute approximate surface area is 121 Å². The number of carbonyl (C=O) groups excluding carboxylic acids is 1. The molecule has 1 rings (SSSR count). The molecule has 2 atom stereocenters. The molecule has 2 unspecified atom stereocenters. The highest BCUT2D eigenvalue weighted by atomic mass is 16.2. The van der Waals surface area contributed by atoms with Gasteiger partial charge in [-0.3, -0.25) is 4.79 Å². The zero-order valence-electron chi connectivity index (χ0n) is 12.5. The van der Waals surface area contributed by atoms with E-state index in [0.717, 1.165) is 18.5 Å². The first-order valence-corrected chi connectivity index (χ1v) is 7.03. The molecule has 0 bridgehead atoms. The van der Waals surface area contributed by atoms with E-state index in [1.54, 1.807) is 12.1 Å². The van der Waals surface area contributed by atoms with Crippen LogP contribution in [0.4, 0.5) is 0 Å². The summed E-state index contributed by atoms with van der Waals surface area (Å²) in [7, 11) is 0. The maximum atomic E-state index is 12.4. The van der Waals surface area contributed by atoms with Gasteiger partial charge in [-0.15, -0.1) is 0 Å². The maximum absolute atomic E-state index is 12.4. The lowest BCUT2D eigenvalue weighted by Crippen LogP contribution is -2.41. The monoisotopic (exact) mass is 273 g/mol. The molecule has 20 heavy (non-hydrogen) atoms. The molecule has 0 heterocycles. The average Bonchev–Trinajstić information content (AvgIpc) is 2.46. The molecule has 0 radical (unpaired) electrons. The van der Waals surface area contributed by atoms with Gasteiger partial charge in [0.2, 0.25) is 5.91 Å². The Morgan fingerprint density at radius 2 is 1.95 bits per heavy atom. The van der Waals surface area contributed by atoms with Gasteiger partial charge in [-0.1, -0.05) is 26.0 Å². The van der Waals surface area contributed by atoms with Gasteiger partial charge in [0.1, 0.15) is 0 Å². The summed E-state index contributed by atoms with van der Waals surface area (Å²) in [5, 5.41) is 8.79. The van der Waals surface area contributed by atoms with E-state index in [4.69, 9.17) is 11.0 Å². The first-order valence-electron chi connectivity index (χ1n) is 7.03. The van der Waals surface area contributed by atoms with E-state index in [1.165, 1.54) is 0 Å². The molecular formula is C16H23N3O. The van der Waals surface area contributed by atoms with Gasteiger partial charge in [-0.25, -0.2) is 0 Å². The van der Waals surface area contributed by atoms with Crippen molar-refractivity contribution in [2.24, 2.45) is 11.7 Å². The van der Waals surface area contributed by atoms with Gasteiger partial charge in [-0.2, -0.15) is 5.26 Å². The minimum atomic E-state index is -0.181. The molecule has 0 aromatic heterocycles. The Morgan fingerprint density at radius 3 is 2.40 bits per heavy atom. The first-order chi connectivity index (χ1) is 9.49. The topological polar surface area (TPSA) is 70.1 Å². The fourth-order valence-electron chi connectivity index (χ4n) is 1.96. The van der Waals surface area contributed by atoms with Crippen molar-refractivity contribution in [3.63, 3.8) is 0 Å². The molecule has 1 amide bonds. The number of nitrogens with two attached hydrogens (primary N) is 1. The number of hydrogen-bond donors (Lipinski definition) is 1. The molecule has 0 fully saturated rings. The van der Waals surface area contributed by atoms with Gasteiger partial charge in [0.25, 0.3) is 0 Å². The summed E-state index contributed by atoms with van der Waals surface area (Å²) in [6.45, 7) is 7.06. The minimum Gasteiger partial charge on any atom is -0.338 e. The first kappa shape index (κ1) is 16.2. The third-order valence-electron chi connectivity index (χ3n) is 3.44. The molecule has 0 aliphatic heterocycles. The highest BCUT2D eigenvalue weighted by Crippen LogP contribution is 2.12. The summed E-state index contributed by atoms with van der Waals surface area (Å²) in [4.78, 5) is 14.2. The normalized spacial score (nSPS) is 13.3. The molecule has 0 spiro atoms. The second kappa shape index (κ2) is 7.66. The number of nitrogens with zero attached hydrogens (tertiary/aromatic N) is 2. The van der Waals surface area contributed by atoms with Crippen molar-refractivity contribution in [3.05, 3.63) is 35.4 Å². The molecule has 4 heteroatoms. The van der Waals surface area contributed by atoms with E-state index in [9.17, 15) is 4.79 Å². The summed E-state index contributed by atoms with van der Waals surface area (Å²) < 4.78 is 0. The van der Waals surface area contributed by atoms with Crippen LogP contribution < -0.4 is 5.73 Å². The van der Waals surface area contributed by atoms with E-state index < -0.39 is 0 Å². The lowest BCUT2D eigenvalue weighted by Gasteiger charge is -2.27. The van der Waals surface area contributed by atoms with Gasteiger partial charge in [0, 0.05) is 19.1 Å².